The lowest BCUT2D eigenvalue weighted by molar-refractivity contribution is -0.168. The lowest BCUT2D eigenvalue weighted by Crippen LogP contribution is -2.66. The topological polar surface area (TPSA) is 56.8 Å². The summed E-state index contributed by atoms with van der Waals surface area (Å²) in [5, 5.41) is 0. The minimum Gasteiger partial charge on any atom is -0.348 e. The van der Waals surface area contributed by atoms with E-state index in [1.807, 2.05) is 11.1 Å². The molecule has 0 radical (unpaired) electrons. The van der Waals surface area contributed by atoms with Gasteiger partial charge in [-0.3, -0.25) is 19.5 Å². The van der Waals surface area contributed by atoms with E-state index in [9.17, 15) is 9.59 Å². The second-order valence-electron chi connectivity index (χ2n) is 6.51. The van der Waals surface area contributed by atoms with Gasteiger partial charge in [-0.15, -0.1) is 11.3 Å². The molecule has 2 saturated heterocycles. The third-order valence-corrected chi connectivity index (χ3v) is 5.34. The monoisotopic (exact) mass is 322 g/mol. The smallest absolute Gasteiger partial charge is 0.236 e. The number of likely N-dealkylation sites (tertiary alicyclic amines) is 2. The molecule has 2 aliphatic heterocycles. The van der Waals surface area contributed by atoms with Crippen LogP contribution in [0.5, 0.6) is 0 Å². The molecule has 2 fully saturated rings. The van der Waals surface area contributed by atoms with Gasteiger partial charge in [0.05, 0.1) is 24.0 Å². The van der Waals surface area contributed by atoms with Gasteiger partial charge in [-0.2, -0.15) is 0 Å². The van der Waals surface area contributed by atoms with Gasteiger partial charge in [0, 0.05) is 38.3 Å². The molecule has 120 valence electrons. The van der Waals surface area contributed by atoms with Crippen molar-refractivity contribution in [2.24, 2.45) is 5.41 Å². The Bertz CT molecular complexity index is 560. The largest absolute Gasteiger partial charge is 0.348 e. The van der Waals surface area contributed by atoms with Crippen LogP contribution >= 0.6 is 11.3 Å². The number of rotatable bonds is 4. The average Bonchev–Trinajstić information content (AvgIpc) is 3.00. The third-order valence-electron chi connectivity index (χ3n) is 4.58. The maximum absolute atomic E-state index is 12.6. The van der Waals surface area contributed by atoms with Gasteiger partial charge in [-0.25, -0.2) is 0 Å². The summed E-state index contributed by atoms with van der Waals surface area (Å²) in [5.41, 5.74) is 1.54. The van der Waals surface area contributed by atoms with Gasteiger partial charge in [-0.05, 0) is 19.4 Å². The van der Waals surface area contributed by atoms with Gasteiger partial charge in [0.1, 0.15) is 0 Å². The SMILES string of the molecule is CN(C)C(=O)CN1CCC[C@@]2(C1)CN(Cc1cncs1)C2=O. The first-order valence-corrected chi connectivity index (χ1v) is 8.47. The number of piperidine rings is 1. The zero-order valence-electron chi connectivity index (χ0n) is 13.1. The summed E-state index contributed by atoms with van der Waals surface area (Å²) >= 11 is 1.58. The normalized spacial score (nSPS) is 25.4. The van der Waals surface area contributed by atoms with Crippen molar-refractivity contribution in [3.05, 3.63) is 16.6 Å². The Balaban J connectivity index is 1.58. The zero-order chi connectivity index (χ0) is 15.7. The fourth-order valence-corrected chi connectivity index (χ4v) is 3.99. The van der Waals surface area contributed by atoms with Gasteiger partial charge in [0.15, 0.2) is 0 Å². The van der Waals surface area contributed by atoms with Crippen LogP contribution in [0.3, 0.4) is 0 Å². The Morgan fingerprint density at radius 1 is 1.45 bits per heavy atom. The van der Waals surface area contributed by atoms with Crippen molar-refractivity contribution >= 4 is 23.2 Å². The Hall–Kier alpha value is -1.47. The molecule has 1 atom stereocenters. The number of nitrogens with zero attached hydrogens (tertiary/aromatic N) is 4. The van der Waals surface area contributed by atoms with Crippen LogP contribution in [0.25, 0.3) is 0 Å². The molecule has 22 heavy (non-hydrogen) atoms. The molecule has 0 unspecified atom stereocenters. The molecule has 7 heteroatoms. The average molecular weight is 322 g/mol. The van der Waals surface area contributed by atoms with Crippen LogP contribution in [0.4, 0.5) is 0 Å². The van der Waals surface area contributed by atoms with Crippen LogP contribution in [0.15, 0.2) is 11.7 Å². The van der Waals surface area contributed by atoms with Gasteiger partial charge in [0.2, 0.25) is 11.8 Å². The van der Waals surface area contributed by atoms with Crippen molar-refractivity contribution < 1.29 is 9.59 Å². The molecular formula is C15H22N4O2S. The molecule has 6 nitrogen and oxygen atoms in total. The van der Waals surface area contributed by atoms with Gasteiger partial charge in [0.25, 0.3) is 0 Å². The molecule has 2 aliphatic rings. The number of hydrogen-bond donors (Lipinski definition) is 0. The van der Waals surface area contributed by atoms with Crippen molar-refractivity contribution in [3.8, 4) is 0 Å². The first-order valence-electron chi connectivity index (χ1n) is 7.59. The highest BCUT2D eigenvalue weighted by Crippen LogP contribution is 2.41. The van der Waals surface area contributed by atoms with Crippen LogP contribution in [0, 0.1) is 5.41 Å². The Morgan fingerprint density at radius 3 is 2.91 bits per heavy atom. The van der Waals surface area contributed by atoms with E-state index in [2.05, 4.69) is 9.88 Å². The van der Waals surface area contributed by atoms with E-state index in [0.29, 0.717) is 19.6 Å². The van der Waals surface area contributed by atoms with Crippen LogP contribution in [0.2, 0.25) is 0 Å². The van der Waals surface area contributed by atoms with Gasteiger partial charge in [-0.1, -0.05) is 0 Å². The van der Waals surface area contributed by atoms with E-state index in [1.165, 1.54) is 0 Å². The first kappa shape index (κ1) is 15.4. The second-order valence-corrected chi connectivity index (χ2v) is 7.48. The predicted octanol–water partition coefficient (Wildman–Crippen LogP) is 0.656. The lowest BCUT2D eigenvalue weighted by Gasteiger charge is -2.53. The Labute approximate surface area is 134 Å². The van der Waals surface area contributed by atoms with E-state index < -0.39 is 0 Å². The molecule has 1 aromatic heterocycles. The maximum atomic E-state index is 12.6. The van der Waals surface area contributed by atoms with E-state index in [4.69, 9.17) is 0 Å². The third kappa shape index (κ3) is 2.87. The number of carbonyl (C=O) groups is 2. The lowest BCUT2D eigenvalue weighted by atomic mass is 9.72. The molecule has 1 aromatic rings. The molecule has 0 N–H and O–H groups in total. The number of hydrogen-bond acceptors (Lipinski definition) is 5. The second kappa shape index (κ2) is 5.96. The molecule has 3 rings (SSSR count). The number of β-lactam (4-membered cyclic amide) rings is 1. The van der Waals surface area contributed by atoms with Crippen LogP contribution in [-0.4, -0.2) is 71.8 Å². The maximum Gasteiger partial charge on any atom is 0.236 e. The number of thiazole rings is 1. The standard InChI is InChI=1S/C15H22N4O2S/c1-17(2)13(20)8-18-5-3-4-15(9-18)10-19(14(15)21)7-12-6-16-11-22-12/h6,11H,3-5,7-10H2,1-2H3/t15-/m1/s1. The molecule has 1 spiro atoms. The Kier molecular flexibility index (Phi) is 4.18. The summed E-state index contributed by atoms with van der Waals surface area (Å²) in [6, 6.07) is 0. The summed E-state index contributed by atoms with van der Waals surface area (Å²) in [4.78, 5) is 35.3. The summed E-state index contributed by atoms with van der Waals surface area (Å²) in [6.45, 7) is 3.50. The minimum absolute atomic E-state index is 0.102. The zero-order valence-corrected chi connectivity index (χ0v) is 13.9. The highest BCUT2D eigenvalue weighted by molar-refractivity contribution is 7.09. The van der Waals surface area contributed by atoms with Crippen LogP contribution in [-0.2, 0) is 16.1 Å². The molecule has 3 heterocycles. The number of amides is 2. The molecule has 0 aliphatic carbocycles. The van der Waals surface area contributed by atoms with Crippen molar-refractivity contribution in [2.45, 2.75) is 19.4 Å². The van der Waals surface area contributed by atoms with Crippen molar-refractivity contribution in [3.63, 3.8) is 0 Å². The fourth-order valence-electron chi connectivity index (χ4n) is 3.38. The fraction of sp³-hybridized carbons (Fsp3) is 0.667. The highest BCUT2D eigenvalue weighted by atomic mass is 32.1. The molecule has 0 aromatic carbocycles. The molecule has 0 bridgehead atoms. The molecule has 0 saturated carbocycles. The predicted molar refractivity (Wildman–Crippen MR) is 84.3 cm³/mol. The Morgan fingerprint density at radius 2 is 2.27 bits per heavy atom. The summed E-state index contributed by atoms with van der Waals surface area (Å²) < 4.78 is 0. The highest BCUT2D eigenvalue weighted by Gasteiger charge is 2.53. The van der Waals surface area contributed by atoms with Crippen LogP contribution < -0.4 is 0 Å². The minimum atomic E-state index is -0.254. The van der Waals surface area contributed by atoms with Crippen molar-refractivity contribution in [1.82, 2.24) is 19.7 Å². The summed E-state index contributed by atoms with van der Waals surface area (Å²) in [6.07, 6.45) is 3.75. The van der Waals surface area contributed by atoms with Crippen molar-refractivity contribution in [1.29, 1.82) is 0 Å². The summed E-state index contributed by atoms with van der Waals surface area (Å²) in [5.74, 6) is 0.341. The summed E-state index contributed by atoms with van der Waals surface area (Å²) in [7, 11) is 3.54. The van der Waals surface area contributed by atoms with Gasteiger partial charge < -0.3 is 9.80 Å². The molecule has 2 amide bonds. The van der Waals surface area contributed by atoms with Crippen molar-refractivity contribution in [2.75, 3.05) is 40.3 Å². The van der Waals surface area contributed by atoms with E-state index in [1.54, 1.807) is 35.8 Å². The quantitative estimate of drug-likeness (QED) is 0.764. The molecular weight excluding hydrogens is 300 g/mol. The number of likely N-dealkylation sites (N-methyl/N-ethyl adjacent to an activating group) is 1. The van der Waals surface area contributed by atoms with Crippen LogP contribution in [0.1, 0.15) is 17.7 Å². The number of aromatic nitrogens is 1. The van der Waals surface area contributed by atoms with E-state index >= 15 is 0 Å². The number of carbonyl (C=O) groups excluding carboxylic acids is 2. The van der Waals surface area contributed by atoms with E-state index in [-0.39, 0.29) is 17.2 Å². The first-order chi connectivity index (χ1) is 10.5. The van der Waals surface area contributed by atoms with E-state index in [0.717, 1.165) is 30.8 Å². The van der Waals surface area contributed by atoms with Gasteiger partial charge >= 0.3 is 0 Å².